The Morgan fingerprint density at radius 3 is 2.62 bits per heavy atom. The van der Waals surface area contributed by atoms with Crippen LogP contribution in [-0.4, -0.2) is 107 Å². The number of hydrogen-bond acceptors (Lipinski definition) is 11. The molecule has 2 aliphatic carbocycles. The first-order chi connectivity index (χ1) is 24.9. The maximum Gasteiger partial charge on any atom is 0.319 e. The van der Waals surface area contributed by atoms with E-state index in [1.165, 1.54) is 31.4 Å². The molecule has 278 valence electrons. The number of piperidine rings is 1. The standard InChI is InChI=1S/C39H47F2N5O6/c1-37(48)20-45(14-15-51-21-37)34-30-33(31(41)32(42-35(30)49-3)26-17-25(47)16-23-8-5-9-27(40)29(23)26)43-36(44-34)52-22-39-11-6-10-28(39)46(13-7-12-39)24-18-38(2,19-24)50-4/h5,8-9,16-17,24,28,47-48H,6-7,10-15,18-22H2,1-4H3. The molecule has 2 aliphatic heterocycles. The third kappa shape index (κ3) is 6.09. The quantitative estimate of drug-likeness (QED) is 0.223. The first kappa shape index (κ1) is 35.1. The second kappa shape index (κ2) is 13.2. The summed E-state index contributed by atoms with van der Waals surface area (Å²) < 4.78 is 56.3. The van der Waals surface area contributed by atoms with Gasteiger partial charge in [0.1, 0.15) is 39.6 Å². The number of aromatic hydroxyl groups is 1. The molecule has 4 aromatic rings. The highest BCUT2D eigenvalue weighted by Gasteiger charge is 2.54. The molecule has 52 heavy (non-hydrogen) atoms. The lowest BCUT2D eigenvalue weighted by Gasteiger charge is -2.56. The highest BCUT2D eigenvalue weighted by molar-refractivity contribution is 6.02. The Labute approximate surface area is 301 Å². The molecule has 4 heterocycles. The second-order valence-electron chi connectivity index (χ2n) is 15.8. The lowest BCUT2D eigenvalue weighted by atomic mass is 9.70. The van der Waals surface area contributed by atoms with Crippen LogP contribution in [0.5, 0.6) is 17.6 Å². The van der Waals surface area contributed by atoms with Crippen molar-refractivity contribution in [3.05, 3.63) is 42.0 Å². The molecule has 3 atom stereocenters. The van der Waals surface area contributed by atoms with Crippen molar-refractivity contribution < 1.29 is 37.9 Å². The number of phenols is 1. The van der Waals surface area contributed by atoms with Gasteiger partial charge >= 0.3 is 6.01 Å². The number of phenolic OH excluding ortho intramolecular Hbond substituents is 1. The fourth-order valence-corrected chi connectivity index (χ4v) is 9.38. The third-order valence-electron chi connectivity index (χ3n) is 12.0. The lowest BCUT2D eigenvalue weighted by Crippen LogP contribution is -2.62. The first-order valence-electron chi connectivity index (χ1n) is 18.3. The normalized spacial score (nSPS) is 29.6. The highest BCUT2D eigenvalue weighted by Crippen LogP contribution is 2.52. The van der Waals surface area contributed by atoms with Gasteiger partial charge in [0.2, 0.25) is 5.88 Å². The zero-order valence-electron chi connectivity index (χ0n) is 30.3. The van der Waals surface area contributed by atoms with Gasteiger partial charge in [0, 0.05) is 42.1 Å². The molecule has 2 aromatic carbocycles. The SMILES string of the molecule is COc1nc(-c2cc(O)cc3cccc(F)c23)c(F)c2nc(OCC34CCCC3N(C3CC(C)(OC)C3)CCC4)nc(N3CCOCC(C)(O)C3)c12. The molecule has 0 spiro atoms. The number of fused-ring (bicyclic) bond motifs is 3. The van der Waals surface area contributed by atoms with E-state index >= 15 is 8.78 Å². The van der Waals surface area contributed by atoms with Crippen molar-refractivity contribution >= 4 is 27.5 Å². The van der Waals surface area contributed by atoms with Crippen LogP contribution in [0.15, 0.2) is 30.3 Å². The van der Waals surface area contributed by atoms with Crippen LogP contribution in [0.4, 0.5) is 14.6 Å². The van der Waals surface area contributed by atoms with Gasteiger partial charge in [-0.25, -0.2) is 13.8 Å². The number of pyridine rings is 1. The van der Waals surface area contributed by atoms with E-state index in [9.17, 15) is 10.2 Å². The van der Waals surface area contributed by atoms with Crippen molar-refractivity contribution in [2.75, 3.05) is 58.6 Å². The Balaban J connectivity index is 1.23. The summed E-state index contributed by atoms with van der Waals surface area (Å²) in [6.07, 6.45) is 7.29. The summed E-state index contributed by atoms with van der Waals surface area (Å²) in [6.45, 7) is 6.17. The van der Waals surface area contributed by atoms with Crippen molar-refractivity contribution in [3.8, 4) is 28.9 Å². The monoisotopic (exact) mass is 719 g/mol. The number of hydrogen-bond donors (Lipinski definition) is 2. The summed E-state index contributed by atoms with van der Waals surface area (Å²) >= 11 is 0. The number of likely N-dealkylation sites (tertiary alicyclic amines) is 1. The van der Waals surface area contributed by atoms with E-state index in [1.54, 1.807) is 20.1 Å². The summed E-state index contributed by atoms with van der Waals surface area (Å²) in [5.74, 6) is -1.32. The van der Waals surface area contributed by atoms with Gasteiger partial charge in [-0.3, -0.25) is 4.90 Å². The van der Waals surface area contributed by atoms with E-state index in [1.807, 2.05) is 4.90 Å². The molecule has 4 fully saturated rings. The molecular formula is C39H47F2N5O6. The van der Waals surface area contributed by atoms with Crippen molar-refractivity contribution in [1.29, 1.82) is 0 Å². The molecule has 2 aromatic heterocycles. The zero-order valence-corrected chi connectivity index (χ0v) is 30.3. The number of rotatable bonds is 8. The number of nitrogens with zero attached hydrogens (tertiary/aromatic N) is 5. The topological polar surface area (TPSA) is 123 Å². The first-order valence-corrected chi connectivity index (χ1v) is 18.3. The Morgan fingerprint density at radius 2 is 1.83 bits per heavy atom. The van der Waals surface area contributed by atoms with Gasteiger partial charge in [-0.15, -0.1) is 0 Å². The predicted molar refractivity (Wildman–Crippen MR) is 192 cm³/mol. The van der Waals surface area contributed by atoms with Crippen LogP contribution in [0.3, 0.4) is 0 Å². The number of methoxy groups -OCH3 is 2. The molecule has 3 unspecified atom stereocenters. The minimum Gasteiger partial charge on any atom is -0.508 e. The Bertz CT molecular complexity index is 2010. The smallest absolute Gasteiger partial charge is 0.319 e. The predicted octanol–water partition coefficient (Wildman–Crippen LogP) is 6.01. The van der Waals surface area contributed by atoms with Gasteiger partial charge in [0.05, 0.1) is 39.1 Å². The van der Waals surface area contributed by atoms with E-state index in [2.05, 4.69) is 21.8 Å². The molecule has 4 aliphatic rings. The summed E-state index contributed by atoms with van der Waals surface area (Å²) in [4.78, 5) is 18.6. The van der Waals surface area contributed by atoms with Gasteiger partial charge in [-0.05, 0) is 82.5 Å². The molecule has 13 heteroatoms. The highest BCUT2D eigenvalue weighted by atomic mass is 19.1. The minimum absolute atomic E-state index is 0.00604. The van der Waals surface area contributed by atoms with Crippen molar-refractivity contribution in [1.82, 2.24) is 19.9 Å². The Hall–Kier alpha value is -3.91. The molecule has 0 bridgehead atoms. The average molecular weight is 720 g/mol. The van der Waals surface area contributed by atoms with Crippen LogP contribution in [0.1, 0.15) is 58.8 Å². The number of β-amino-alcohol motifs (C(OH)–C–C–N with tert-alkyl or cyclic N) is 1. The van der Waals surface area contributed by atoms with Crippen LogP contribution in [0, 0.1) is 17.0 Å². The van der Waals surface area contributed by atoms with E-state index in [4.69, 9.17) is 23.9 Å². The summed E-state index contributed by atoms with van der Waals surface area (Å²) in [5.41, 5.74) is -1.72. The van der Waals surface area contributed by atoms with Crippen LogP contribution >= 0.6 is 0 Å². The van der Waals surface area contributed by atoms with E-state index in [-0.39, 0.29) is 75.2 Å². The van der Waals surface area contributed by atoms with E-state index in [0.29, 0.717) is 37.2 Å². The van der Waals surface area contributed by atoms with E-state index < -0.39 is 17.2 Å². The van der Waals surface area contributed by atoms with Crippen LogP contribution in [0.2, 0.25) is 0 Å². The van der Waals surface area contributed by atoms with Crippen molar-refractivity contribution in [3.63, 3.8) is 0 Å². The lowest BCUT2D eigenvalue weighted by molar-refractivity contribution is -0.134. The summed E-state index contributed by atoms with van der Waals surface area (Å²) in [6, 6.07) is 7.97. The minimum atomic E-state index is -1.23. The Morgan fingerprint density at radius 1 is 1.02 bits per heavy atom. The van der Waals surface area contributed by atoms with Gasteiger partial charge in [0.25, 0.3) is 0 Å². The molecule has 8 rings (SSSR count). The summed E-state index contributed by atoms with van der Waals surface area (Å²) in [7, 11) is 3.20. The fourth-order valence-electron chi connectivity index (χ4n) is 9.38. The molecule has 2 saturated heterocycles. The van der Waals surface area contributed by atoms with Gasteiger partial charge in [0.15, 0.2) is 5.82 Å². The molecule has 11 nitrogen and oxygen atoms in total. The largest absolute Gasteiger partial charge is 0.508 e. The average Bonchev–Trinajstić information content (AvgIpc) is 3.46. The number of ether oxygens (including phenoxy) is 4. The third-order valence-corrected chi connectivity index (χ3v) is 12.0. The number of aromatic nitrogens is 3. The van der Waals surface area contributed by atoms with Crippen LogP contribution in [0.25, 0.3) is 32.9 Å². The summed E-state index contributed by atoms with van der Waals surface area (Å²) in [5, 5.41) is 22.4. The Kier molecular flexibility index (Phi) is 8.91. The molecule has 0 radical (unpaired) electrons. The van der Waals surface area contributed by atoms with Crippen molar-refractivity contribution in [2.45, 2.75) is 82.1 Å². The number of aliphatic hydroxyl groups is 1. The van der Waals surface area contributed by atoms with E-state index in [0.717, 1.165) is 51.5 Å². The van der Waals surface area contributed by atoms with Crippen LogP contribution < -0.4 is 14.4 Å². The second-order valence-corrected chi connectivity index (χ2v) is 15.8. The molecule has 2 N–H and O–H groups in total. The molecule has 0 amide bonds. The number of anilines is 1. The zero-order chi connectivity index (χ0) is 36.4. The number of benzene rings is 2. The van der Waals surface area contributed by atoms with Gasteiger partial charge in [-0.2, -0.15) is 9.97 Å². The van der Waals surface area contributed by atoms with Crippen LogP contribution in [-0.2, 0) is 9.47 Å². The molecule has 2 saturated carbocycles. The molecular weight excluding hydrogens is 672 g/mol. The van der Waals surface area contributed by atoms with Gasteiger partial charge in [-0.1, -0.05) is 18.6 Å². The van der Waals surface area contributed by atoms with Crippen molar-refractivity contribution in [2.24, 2.45) is 5.41 Å². The maximum absolute atomic E-state index is 17.1. The number of halogens is 2. The fraction of sp³-hybridized carbons (Fsp3) is 0.564. The maximum atomic E-state index is 17.1. The van der Waals surface area contributed by atoms with Gasteiger partial charge < -0.3 is 34.1 Å².